The first-order valence-corrected chi connectivity index (χ1v) is 5.99. The van der Waals surface area contributed by atoms with Crippen LogP contribution in [0.25, 0.3) is 0 Å². The Bertz CT molecular complexity index is 461. The van der Waals surface area contributed by atoms with Gasteiger partial charge in [0.25, 0.3) is 5.91 Å². The lowest BCUT2D eigenvalue weighted by atomic mass is 9.93. The lowest BCUT2D eigenvalue weighted by Gasteiger charge is -2.36. The zero-order valence-electron chi connectivity index (χ0n) is 10.4. The van der Waals surface area contributed by atoms with Crippen LogP contribution in [0, 0.1) is 0 Å². The van der Waals surface area contributed by atoms with E-state index in [9.17, 15) is 15.0 Å². The molecule has 5 nitrogen and oxygen atoms in total. The van der Waals surface area contributed by atoms with E-state index in [1.165, 1.54) is 18.2 Å². The van der Waals surface area contributed by atoms with Crippen molar-refractivity contribution in [1.29, 1.82) is 0 Å². The van der Waals surface area contributed by atoms with Gasteiger partial charge in [-0.1, -0.05) is 0 Å². The number of piperidine rings is 1. The van der Waals surface area contributed by atoms with Crippen LogP contribution in [-0.2, 0) is 0 Å². The topological polar surface area (TPSA) is 86.8 Å². The molecule has 0 unspecified atom stereocenters. The maximum absolute atomic E-state index is 12.2. The molecule has 98 valence electrons. The van der Waals surface area contributed by atoms with Gasteiger partial charge in [-0.3, -0.25) is 4.79 Å². The second-order valence-electron chi connectivity index (χ2n) is 5.06. The standard InChI is InChI=1S/C13H18N2O3/c1-13(18)4-6-15(7-5-13)12(17)10-8-9(16)2-3-11(10)14/h2-3,8,16,18H,4-7,14H2,1H3. The van der Waals surface area contributed by atoms with Crippen LogP contribution >= 0.6 is 0 Å². The number of carbonyl (C=O) groups is 1. The van der Waals surface area contributed by atoms with Gasteiger partial charge in [0.1, 0.15) is 5.75 Å². The number of phenols is 1. The smallest absolute Gasteiger partial charge is 0.256 e. The summed E-state index contributed by atoms with van der Waals surface area (Å²) in [6, 6.07) is 4.35. The molecule has 1 heterocycles. The first-order chi connectivity index (χ1) is 8.39. The first kappa shape index (κ1) is 12.7. The van der Waals surface area contributed by atoms with E-state index in [0.29, 0.717) is 37.2 Å². The predicted octanol–water partition coefficient (Wildman–Crippen LogP) is 0.961. The van der Waals surface area contributed by atoms with Crippen LogP contribution in [-0.4, -0.2) is 39.7 Å². The van der Waals surface area contributed by atoms with Crippen molar-refractivity contribution in [1.82, 2.24) is 4.90 Å². The number of likely N-dealkylation sites (tertiary alicyclic amines) is 1. The van der Waals surface area contributed by atoms with E-state index in [1.54, 1.807) is 11.8 Å². The number of aromatic hydroxyl groups is 1. The molecule has 0 aromatic heterocycles. The van der Waals surface area contributed by atoms with Crippen LogP contribution in [0.5, 0.6) is 5.75 Å². The van der Waals surface area contributed by atoms with Gasteiger partial charge in [0.2, 0.25) is 0 Å². The van der Waals surface area contributed by atoms with E-state index in [1.807, 2.05) is 0 Å². The number of nitrogens with two attached hydrogens (primary N) is 1. The van der Waals surface area contributed by atoms with Gasteiger partial charge in [-0.05, 0) is 38.0 Å². The second-order valence-corrected chi connectivity index (χ2v) is 5.06. The Morgan fingerprint density at radius 1 is 1.39 bits per heavy atom. The molecule has 1 saturated heterocycles. The molecule has 2 rings (SSSR count). The number of hydrogen-bond acceptors (Lipinski definition) is 4. The van der Waals surface area contributed by atoms with Crippen molar-refractivity contribution in [2.24, 2.45) is 0 Å². The van der Waals surface area contributed by atoms with Crippen molar-refractivity contribution in [3.63, 3.8) is 0 Å². The zero-order valence-corrected chi connectivity index (χ0v) is 10.4. The number of amides is 1. The van der Waals surface area contributed by atoms with E-state index in [4.69, 9.17) is 5.73 Å². The maximum Gasteiger partial charge on any atom is 0.256 e. The van der Waals surface area contributed by atoms with Crippen LogP contribution in [0.4, 0.5) is 5.69 Å². The Hall–Kier alpha value is -1.75. The zero-order chi connectivity index (χ0) is 13.3. The fourth-order valence-corrected chi connectivity index (χ4v) is 2.09. The molecule has 1 aromatic rings. The predicted molar refractivity (Wildman–Crippen MR) is 68.3 cm³/mol. The van der Waals surface area contributed by atoms with E-state index in [2.05, 4.69) is 0 Å². The van der Waals surface area contributed by atoms with Crippen LogP contribution < -0.4 is 5.73 Å². The highest BCUT2D eigenvalue weighted by Crippen LogP contribution is 2.25. The lowest BCUT2D eigenvalue weighted by molar-refractivity contribution is -0.00200. The van der Waals surface area contributed by atoms with Crippen molar-refractivity contribution in [2.45, 2.75) is 25.4 Å². The lowest BCUT2D eigenvalue weighted by Crippen LogP contribution is -2.45. The van der Waals surface area contributed by atoms with Crippen molar-refractivity contribution in [3.8, 4) is 5.75 Å². The van der Waals surface area contributed by atoms with Crippen molar-refractivity contribution < 1.29 is 15.0 Å². The van der Waals surface area contributed by atoms with Gasteiger partial charge in [0.15, 0.2) is 0 Å². The SMILES string of the molecule is CC1(O)CCN(C(=O)c2cc(O)ccc2N)CC1. The minimum absolute atomic E-state index is 0.0246. The van der Waals surface area contributed by atoms with E-state index in [-0.39, 0.29) is 11.7 Å². The Labute approximate surface area is 106 Å². The number of benzene rings is 1. The number of nitrogens with zero attached hydrogens (tertiary/aromatic N) is 1. The molecule has 1 aliphatic heterocycles. The van der Waals surface area contributed by atoms with Gasteiger partial charge in [-0.15, -0.1) is 0 Å². The number of carbonyl (C=O) groups excluding carboxylic acids is 1. The molecule has 0 aliphatic carbocycles. The van der Waals surface area contributed by atoms with Crippen molar-refractivity contribution >= 4 is 11.6 Å². The molecule has 1 aromatic carbocycles. The number of nitrogen functional groups attached to an aromatic ring is 1. The molecule has 0 atom stereocenters. The van der Waals surface area contributed by atoms with Gasteiger partial charge >= 0.3 is 0 Å². The van der Waals surface area contributed by atoms with Gasteiger partial charge < -0.3 is 20.8 Å². The quantitative estimate of drug-likeness (QED) is 0.512. The minimum atomic E-state index is -0.693. The van der Waals surface area contributed by atoms with Crippen LogP contribution in [0.3, 0.4) is 0 Å². The summed E-state index contributed by atoms with van der Waals surface area (Å²) >= 11 is 0. The van der Waals surface area contributed by atoms with Gasteiger partial charge in [-0.2, -0.15) is 0 Å². The van der Waals surface area contributed by atoms with Crippen LogP contribution in [0.15, 0.2) is 18.2 Å². The molecule has 1 fully saturated rings. The number of rotatable bonds is 1. The highest BCUT2D eigenvalue weighted by atomic mass is 16.3. The van der Waals surface area contributed by atoms with E-state index >= 15 is 0 Å². The average molecular weight is 250 g/mol. The maximum atomic E-state index is 12.2. The van der Waals surface area contributed by atoms with Gasteiger partial charge in [0.05, 0.1) is 11.2 Å². The summed E-state index contributed by atoms with van der Waals surface area (Å²) in [6.45, 7) is 2.78. The summed E-state index contributed by atoms with van der Waals surface area (Å²) in [7, 11) is 0. The Kier molecular flexibility index (Phi) is 3.17. The molecule has 4 N–H and O–H groups in total. The normalized spacial score (nSPS) is 18.7. The monoisotopic (exact) mass is 250 g/mol. The Morgan fingerprint density at radius 2 is 2.00 bits per heavy atom. The summed E-state index contributed by atoms with van der Waals surface area (Å²) in [6.07, 6.45) is 1.11. The molecular formula is C13H18N2O3. The van der Waals surface area contributed by atoms with E-state index in [0.717, 1.165) is 0 Å². The van der Waals surface area contributed by atoms with Crippen molar-refractivity contribution in [2.75, 3.05) is 18.8 Å². The summed E-state index contributed by atoms with van der Waals surface area (Å²) < 4.78 is 0. The molecule has 0 saturated carbocycles. The Morgan fingerprint density at radius 3 is 2.61 bits per heavy atom. The number of anilines is 1. The second kappa shape index (κ2) is 4.49. The molecule has 0 radical (unpaired) electrons. The fraction of sp³-hybridized carbons (Fsp3) is 0.462. The third-order valence-electron chi connectivity index (χ3n) is 3.40. The van der Waals surface area contributed by atoms with Crippen molar-refractivity contribution in [3.05, 3.63) is 23.8 Å². The number of aliphatic hydroxyl groups is 1. The van der Waals surface area contributed by atoms with Gasteiger partial charge in [-0.25, -0.2) is 0 Å². The van der Waals surface area contributed by atoms with Gasteiger partial charge in [0, 0.05) is 18.8 Å². The average Bonchev–Trinajstić information content (AvgIpc) is 2.31. The van der Waals surface area contributed by atoms with Crippen LogP contribution in [0.2, 0.25) is 0 Å². The molecule has 18 heavy (non-hydrogen) atoms. The number of hydrogen-bond donors (Lipinski definition) is 3. The highest BCUT2D eigenvalue weighted by molar-refractivity contribution is 5.99. The highest BCUT2D eigenvalue weighted by Gasteiger charge is 2.30. The third-order valence-corrected chi connectivity index (χ3v) is 3.40. The molecule has 0 bridgehead atoms. The molecular weight excluding hydrogens is 232 g/mol. The molecule has 1 aliphatic rings. The largest absolute Gasteiger partial charge is 0.508 e. The van der Waals surface area contributed by atoms with Crippen LogP contribution in [0.1, 0.15) is 30.1 Å². The summed E-state index contributed by atoms with van der Waals surface area (Å²) in [5.41, 5.74) is 5.72. The minimum Gasteiger partial charge on any atom is -0.508 e. The van der Waals surface area contributed by atoms with E-state index < -0.39 is 5.60 Å². The molecule has 1 amide bonds. The summed E-state index contributed by atoms with van der Waals surface area (Å²) in [5, 5.41) is 19.2. The first-order valence-electron chi connectivity index (χ1n) is 5.99. The fourth-order valence-electron chi connectivity index (χ4n) is 2.09. The molecule has 5 heteroatoms. The Balaban J connectivity index is 2.15. The summed E-state index contributed by atoms with van der Waals surface area (Å²) in [5.74, 6) is -0.171. The number of phenolic OH excluding ortho intramolecular Hbond substituents is 1. The summed E-state index contributed by atoms with van der Waals surface area (Å²) in [4.78, 5) is 13.9. The molecule has 0 spiro atoms. The third kappa shape index (κ3) is 2.56.